The fourth-order valence-electron chi connectivity index (χ4n) is 1.66. The summed E-state index contributed by atoms with van der Waals surface area (Å²) < 4.78 is 7.28. The number of pyridine rings is 1. The van der Waals surface area contributed by atoms with Gasteiger partial charge >= 0.3 is 0 Å². The number of hydrogen-bond donors (Lipinski definition) is 1. The number of hydrogen-bond acceptors (Lipinski definition) is 4. The molecule has 0 aliphatic carbocycles. The molecule has 16 heavy (non-hydrogen) atoms. The first-order valence-corrected chi connectivity index (χ1v) is 6.57. The summed E-state index contributed by atoms with van der Waals surface area (Å²) in [5.41, 5.74) is 0. The van der Waals surface area contributed by atoms with Crippen molar-refractivity contribution in [3.05, 3.63) is 21.2 Å². The van der Waals surface area contributed by atoms with Crippen molar-refractivity contribution in [1.29, 1.82) is 0 Å². The van der Waals surface area contributed by atoms with Crippen molar-refractivity contribution in [1.82, 2.24) is 4.98 Å². The Morgan fingerprint density at radius 1 is 1.56 bits per heavy atom. The molecule has 0 spiro atoms. The molecule has 0 radical (unpaired) electrons. The Balaban J connectivity index is 2.16. The molecule has 0 saturated carbocycles. The molecule has 1 aliphatic rings. The molecular formula is C10H12Br2N2O2. The van der Waals surface area contributed by atoms with Crippen molar-refractivity contribution < 1.29 is 9.84 Å². The highest BCUT2D eigenvalue weighted by molar-refractivity contribution is 9.11. The van der Waals surface area contributed by atoms with Crippen LogP contribution in [0.25, 0.3) is 0 Å². The predicted octanol–water partition coefficient (Wildman–Crippen LogP) is 1.80. The minimum atomic E-state index is -0.119. The first-order chi connectivity index (χ1) is 7.70. The van der Waals surface area contributed by atoms with E-state index >= 15 is 0 Å². The normalized spacial score (nSPS) is 21.2. The Kier molecular flexibility index (Phi) is 4.18. The molecule has 88 valence electrons. The van der Waals surface area contributed by atoms with E-state index in [1.165, 1.54) is 0 Å². The fourth-order valence-corrected chi connectivity index (χ4v) is 2.90. The maximum atomic E-state index is 9.08. The third-order valence-corrected chi connectivity index (χ3v) is 3.45. The molecule has 1 aromatic rings. The zero-order valence-corrected chi connectivity index (χ0v) is 11.7. The molecule has 0 bridgehead atoms. The second kappa shape index (κ2) is 5.44. The number of ether oxygens (including phenoxy) is 1. The number of aromatic nitrogens is 1. The summed E-state index contributed by atoms with van der Waals surface area (Å²) in [6.07, 6.45) is 1.65. The van der Waals surface area contributed by atoms with E-state index in [1.54, 1.807) is 6.20 Å². The van der Waals surface area contributed by atoms with Crippen LogP contribution in [0, 0.1) is 0 Å². The molecule has 6 heteroatoms. The van der Waals surface area contributed by atoms with E-state index in [0.717, 1.165) is 21.3 Å². The summed E-state index contributed by atoms with van der Waals surface area (Å²) in [5, 5.41) is 9.08. The van der Waals surface area contributed by atoms with Gasteiger partial charge in [-0.05, 0) is 37.9 Å². The van der Waals surface area contributed by atoms with Gasteiger partial charge in [0.25, 0.3) is 0 Å². The average molecular weight is 352 g/mol. The van der Waals surface area contributed by atoms with Crippen molar-refractivity contribution in [2.24, 2.45) is 0 Å². The summed E-state index contributed by atoms with van der Waals surface area (Å²) in [7, 11) is 0. The van der Waals surface area contributed by atoms with Crippen LogP contribution in [0.5, 0.6) is 0 Å². The van der Waals surface area contributed by atoms with E-state index in [4.69, 9.17) is 9.84 Å². The molecule has 2 heterocycles. The van der Waals surface area contributed by atoms with Gasteiger partial charge in [0.1, 0.15) is 5.82 Å². The number of halogens is 2. The number of rotatable bonds is 2. The van der Waals surface area contributed by atoms with Crippen molar-refractivity contribution in [3.8, 4) is 0 Å². The van der Waals surface area contributed by atoms with E-state index in [9.17, 15) is 0 Å². The quantitative estimate of drug-likeness (QED) is 0.882. The van der Waals surface area contributed by atoms with Crippen molar-refractivity contribution in [3.63, 3.8) is 0 Å². The van der Waals surface area contributed by atoms with Gasteiger partial charge in [-0.2, -0.15) is 0 Å². The molecule has 1 aliphatic heterocycles. The van der Waals surface area contributed by atoms with Crippen LogP contribution in [-0.4, -0.2) is 42.5 Å². The third kappa shape index (κ3) is 2.74. The smallest absolute Gasteiger partial charge is 0.143 e. The summed E-state index contributed by atoms with van der Waals surface area (Å²) in [5.74, 6) is 0.893. The summed E-state index contributed by atoms with van der Waals surface area (Å²) in [6.45, 7) is 2.13. The second-order valence-corrected chi connectivity index (χ2v) is 5.35. The molecule has 1 atom stereocenters. The Hall–Kier alpha value is -0.170. The lowest BCUT2D eigenvalue weighted by Crippen LogP contribution is -2.44. The van der Waals surface area contributed by atoms with E-state index < -0.39 is 0 Å². The monoisotopic (exact) mass is 350 g/mol. The first-order valence-electron chi connectivity index (χ1n) is 4.99. The van der Waals surface area contributed by atoms with Crippen molar-refractivity contribution in [2.45, 2.75) is 6.10 Å². The van der Waals surface area contributed by atoms with E-state index in [0.29, 0.717) is 13.2 Å². The zero-order chi connectivity index (χ0) is 11.5. The van der Waals surface area contributed by atoms with Gasteiger partial charge in [-0.3, -0.25) is 0 Å². The molecule has 1 unspecified atom stereocenters. The SMILES string of the molecule is OCC1CN(c2ncc(Br)cc2Br)CCO1. The van der Waals surface area contributed by atoms with Gasteiger partial charge < -0.3 is 14.7 Å². The van der Waals surface area contributed by atoms with Crippen LogP contribution < -0.4 is 4.90 Å². The van der Waals surface area contributed by atoms with Crippen molar-refractivity contribution >= 4 is 37.7 Å². The molecule has 0 amide bonds. The minimum absolute atomic E-state index is 0.0463. The summed E-state index contributed by atoms with van der Waals surface area (Å²) in [4.78, 5) is 6.48. The average Bonchev–Trinajstić information content (AvgIpc) is 2.29. The first kappa shape index (κ1) is 12.3. The van der Waals surface area contributed by atoms with Crippen LogP contribution in [0.1, 0.15) is 0 Å². The van der Waals surface area contributed by atoms with Gasteiger partial charge in [-0.15, -0.1) is 0 Å². The third-order valence-electron chi connectivity index (χ3n) is 2.43. The summed E-state index contributed by atoms with van der Waals surface area (Å²) in [6, 6.07) is 1.96. The Bertz CT molecular complexity index is 376. The zero-order valence-electron chi connectivity index (χ0n) is 8.57. The lowest BCUT2D eigenvalue weighted by molar-refractivity contribution is 0.00332. The van der Waals surface area contributed by atoms with Gasteiger partial charge in [0, 0.05) is 23.8 Å². The van der Waals surface area contributed by atoms with Gasteiger partial charge in [0.05, 0.1) is 23.8 Å². The Morgan fingerprint density at radius 2 is 2.38 bits per heavy atom. The number of aliphatic hydroxyl groups is 1. The largest absolute Gasteiger partial charge is 0.394 e. The van der Waals surface area contributed by atoms with E-state index in [1.807, 2.05) is 6.07 Å². The van der Waals surface area contributed by atoms with Gasteiger partial charge in [0.15, 0.2) is 0 Å². The highest BCUT2D eigenvalue weighted by Gasteiger charge is 2.22. The van der Waals surface area contributed by atoms with E-state index in [-0.39, 0.29) is 12.7 Å². The number of morpholine rings is 1. The highest BCUT2D eigenvalue weighted by Crippen LogP contribution is 2.27. The molecule has 1 fully saturated rings. The lowest BCUT2D eigenvalue weighted by atomic mass is 10.3. The topological polar surface area (TPSA) is 45.6 Å². The molecule has 2 rings (SSSR count). The predicted molar refractivity (Wildman–Crippen MR) is 68.7 cm³/mol. The number of aliphatic hydroxyl groups excluding tert-OH is 1. The number of nitrogens with zero attached hydrogens (tertiary/aromatic N) is 2. The van der Waals surface area contributed by atoms with Crippen molar-refractivity contribution in [2.75, 3.05) is 31.2 Å². The maximum Gasteiger partial charge on any atom is 0.143 e. The molecular weight excluding hydrogens is 340 g/mol. The van der Waals surface area contributed by atoms with Gasteiger partial charge in [-0.1, -0.05) is 0 Å². The number of anilines is 1. The van der Waals surface area contributed by atoms with Crippen LogP contribution >= 0.6 is 31.9 Å². The molecule has 1 N–H and O–H groups in total. The lowest BCUT2D eigenvalue weighted by Gasteiger charge is -2.33. The van der Waals surface area contributed by atoms with Crippen LogP contribution in [0.2, 0.25) is 0 Å². The minimum Gasteiger partial charge on any atom is -0.394 e. The van der Waals surface area contributed by atoms with Crippen LogP contribution in [0.4, 0.5) is 5.82 Å². The van der Waals surface area contributed by atoms with E-state index in [2.05, 4.69) is 41.7 Å². The summed E-state index contributed by atoms with van der Waals surface area (Å²) >= 11 is 6.86. The standard InChI is InChI=1S/C10H12Br2N2O2/c11-7-3-9(12)10(13-4-7)14-1-2-16-8(5-14)6-15/h3-4,8,15H,1-2,5-6H2. The van der Waals surface area contributed by atoms with Crippen LogP contribution in [0.15, 0.2) is 21.2 Å². The highest BCUT2D eigenvalue weighted by atomic mass is 79.9. The fraction of sp³-hybridized carbons (Fsp3) is 0.500. The van der Waals surface area contributed by atoms with Crippen LogP contribution in [-0.2, 0) is 4.74 Å². The maximum absolute atomic E-state index is 9.08. The molecule has 1 aromatic heterocycles. The molecule has 1 saturated heterocycles. The molecule has 0 aromatic carbocycles. The second-order valence-electron chi connectivity index (χ2n) is 3.58. The van der Waals surface area contributed by atoms with Crippen LogP contribution in [0.3, 0.4) is 0 Å². The molecule has 4 nitrogen and oxygen atoms in total. The Labute approximate surface area is 111 Å². The Morgan fingerprint density at radius 3 is 3.06 bits per heavy atom. The van der Waals surface area contributed by atoms with Gasteiger partial charge in [0.2, 0.25) is 0 Å². The van der Waals surface area contributed by atoms with Gasteiger partial charge in [-0.25, -0.2) is 4.98 Å².